The number of carbonyl (C=O) groups is 1. The molecule has 0 aliphatic heterocycles. The Bertz CT molecular complexity index is 315. The molecule has 0 saturated heterocycles. The monoisotopic (exact) mass is 161 g/mol. The second-order valence-electron chi connectivity index (χ2n) is 2.65. The van der Waals surface area contributed by atoms with Crippen LogP contribution in [0.15, 0.2) is 30.3 Å². The normalized spacial score (nSPS) is 10.4. The van der Waals surface area contributed by atoms with Crippen molar-refractivity contribution in [2.75, 3.05) is 0 Å². The first-order valence-corrected chi connectivity index (χ1v) is 3.72. The molecule has 2 nitrogen and oxygen atoms in total. The number of hydrogen-bond donors (Lipinski definition) is 1. The third-order valence-electron chi connectivity index (χ3n) is 1.48. The molecule has 1 rings (SSSR count). The van der Waals surface area contributed by atoms with Crippen molar-refractivity contribution in [1.82, 2.24) is 0 Å². The Balaban J connectivity index is 2.83. The second kappa shape index (κ2) is 3.72. The molecular formula is C10H11NO. The van der Waals surface area contributed by atoms with Gasteiger partial charge in [0, 0.05) is 6.08 Å². The van der Waals surface area contributed by atoms with E-state index in [0.717, 1.165) is 5.56 Å². The van der Waals surface area contributed by atoms with E-state index in [1.165, 1.54) is 11.6 Å². The van der Waals surface area contributed by atoms with E-state index in [4.69, 9.17) is 5.73 Å². The number of aryl methyl sites for hydroxylation is 1. The van der Waals surface area contributed by atoms with Gasteiger partial charge in [0.2, 0.25) is 5.91 Å². The summed E-state index contributed by atoms with van der Waals surface area (Å²) in [7, 11) is 0. The van der Waals surface area contributed by atoms with Gasteiger partial charge in [0.1, 0.15) is 0 Å². The molecule has 2 heteroatoms. The van der Waals surface area contributed by atoms with Gasteiger partial charge in [0.25, 0.3) is 0 Å². The molecule has 12 heavy (non-hydrogen) atoms. The summed E-state index contributed by atoms with van der Waals surface area (Å²) in [5, 5.41) is 0. The van der Waals surface area contributed by atoms with Crippen molar-refractivity contribution in [2.24, 2.45) is 5.73 Å². The van der Waals surface area contributed by atoms with E-state index in [2.05, 4.69) is 0 Å². The average molecular weight is 161 g/mol. The van der Waals surface area contributed by atoms with E-state index in [0.29, 0.717) is 0 Å². The van der Waals surface area contributed by atoms with Crippen LogP contribution in [0.3, 0.4) is 0 Å². The van der Waals surface area contributed by atoms with Crippen molar-refractivity contribution in [1.29, 1.82) is 0 Å². The standard InChI is InChI=1S/C10H11NO/c1-8-3-2-4-9(7-8)5-6-10(11)12/h2-7H,1H3,(H2,11,12)/b6-5-. The minimum absolute atomic E-state index is 0.420. The van der Waals surface area contributed by atoms with Crippen molar-refractivity contribution in [3.8, 4) is 0 Å². The Labute approximate surface area is 71.7 Å². The fraction of sp³-hybridized carbons (Fsp3) is 0.100. The molecule has 0 fully saturated rings. The topological polar surface area (TPSA) is 43.1 Å². The van der Waals surface area contributed by atoms with Crippen molar-refractivity contribution >= 4 is 12.0 Å². The quantitative estimate of drug-likeness (QED) is 0.656. The Kier molecular flexibility index (Phi) is 2.64. The van der Waals surface area contributed by atoms with Crippen molar-refractivity contribution < 1.29 is 4.79 Å². The van der Waals surface area contributed by atoms with E-state index >= 15 is 0 Å². The lowest BCUT2D eigenvalue weighted by Gasteiger charge is -1.93. The number of amides is 1. The lowest BCUT2D eigenvalue weighted by atomic mass is 10.1. The van der Waals surface area contributed by atoms with E-state index in [-0.39, 0.29) is 0 Å². The van der Waals surface area contributed by atoms with Gasteiger partial charge in [-0.1, -0.05) is 29.8 Å². The first-order chi connectivity index (χ1) is 5.68. The SMILES string of the molecule is Cc1cccc(/C=C\C(N)=O)c1. The van der Waals surface area contributed by atoms with Gasteiger partial charge in [-0.3, -0.25) is 4.79 Å². The summed E-state index contributed by atoms with van der Waals surface area (Å²) in [6.45, 7) is 2.00. The third kappa shape index (κ3) is 2.58. The summed E-state index contributed by atoms with van der Waals surface area (Å²) in [6, 6.07) is 7.85. The summed E-state index contributed by atoms with van der Waals surface area (Å²) < 4.78 is 0. The maximum Gasteiger partial charge on any atom is 0.241 e. The molecule has 1 aromatic carbocycles. The molecule has 1 aromatic rings. The predicted molar refractivity (Wildman–Crippen MR) is 49.4 cm³/mol. The molecule has 62 valence electrons. The molecule has 0 aliphatic carbocycles. The minimum atomic E-state index is -0.420. The molecule has 0 saturated carbocycles. The highest BCUT2D eigenvalue weighted by Crippen LogP contribution is 2.05. The van der Waals surface area contributed by atoms with Gasteiger partial charge in [-0.15, -0.1) is 0 Å². The molecule has 0 spiro atoms. The lowest BCUT2D eigenvalue weighted by Crippen LogP contribution is -2.05. The van der Waals surface area contributed by atoms with Crippen LogP contribution in [0, 0.1) is 6.92 Å². The van der Waals surface area contributed by atoms with Crippen molar-refractivity contribution in [3.63, 3.8) is 0 Å². The highest BCUT2D eigenvalue weighted by atomic mass is 16.1. The number of rotatable bonds is 2. The van der Waals surface area contributed by atoms with Gasteiger partial charge in [-0.2, -0.15) is 0 Å². The Morgan fingerprint density at radius 2 is 2.25 bits per heavy atom. The number of hydrogen-bond acceptors (Lipinski definition) is 1. The highest BCUT2D eigenvalue weighted by Gasteiger charge is 1.87. The molecule has 0 heterocycles. The van der Waals surface area contributed by atoms with Gasteiger partial charge in [0.05, 0.1) is 0 Å². The van der Waals surface area contributed by atoms with Gasteiger partial charge in [-0.25, -0.2) is 0 Å². The van der Waals surface area contributed by atoms with Gasteiger partial charge in [0.15, 0.2) is 0 Å². The molecule has 0 unspecified atom stereocenters. The number of benzene rings is 1. The van der Waals surface area contributed by atoms with Crippen molar-refractivity contribution in [2.45, 2.75) is 6.92 Å². The molecule has 0 bridgehead atoms. The van der Waals surface area contributed by atoms with Crippen LogP contribution >= 0.6 is 0 Å². The van der Waals surface area contributed by atoms with E-state index in [1.54, 1.807) is 6.08 Å². The number of primary amides is 1. The summed E-state index contributed by atoms with van der Waals surface area (Å²) in [5.74, 6) is -0.420. The van der Waals surface area contributed by atoms with Crippen LogP contribution in [0.2, 0.25) is 0 Å². The fourth-order valence-corrected chi connectivity index (χ4v) is 0.952. The molecular weight excluding hydrogens is 150 g/mol. The first kappa shape index (κ1) is 8.53. The second-order valence-corrected chi connectivity index (χ2v) is 2.65. The predicted octanol–water partition coefficient (Wildman–Crippen LogP) is 1.49. The van der Waals surface area contributed by atoms with Crippen LogP contribution in [-0.4, -0.2) is 5.91 Å². The number of nitrogens with two attached hydrogens (primary N) is 1. The number of carbonyl (C=O) groups excluding carboxylic acids is 1. The van der Waals surface area contributed by atoms with Crippen molar-refractivity contribution in [3.05, 3.63) is 41.5 Å². The largest absolute Gasteiger partial charge is 0.366 e. The molecule has 0 radical (unpaired) electrons. The minimum Gasteiger partial charge on any atom is -0.366 e. The Morgan fingerprint density at radius 3 is 2.83 bits per heavy atom. The summed E-state index contributed by atoms with van der Waals surface area (Å²) in [5.41, 5.74) is 7.12. The van der Waals surface area contributed by atoms with Gasteiger partial charge >= 0.3 is 0 Å². The summed E-state index contributed by atoms with van der Waals surface area (Å²) in [4.78, 5) is 10.4. The van der Waals surface area contributed by atoms with Crippen LogP contribution in [0.1, 0.15) is 11.1 Å². The molecule has 1 amide bonds. The lowest BCUT2D eigenvalue weighted by molar-refractivity contribution is -0.113. The smallest absolute Gasteiger partial charge is 0.241 e. The first-order valence-electron chi connectivity index (χ1n) is 3.72. The summed E-state index contributed by atoms with van der Waals surface area (Å²) >= 11 is 0. The van der Waals surface area contributed by atoms with Gasteiger partial charge in [-0.05, 0) is 18.6 Å². The van der Waals surface area contributed by atoms with Crippen LogP contribution in [0.25, 0.3) is 6.08 Å². The molecule has 0 aliphatic rings. The van der Waals surface area contributed by atoms with Crippen LogP contribution in [0.5, 0.6) is 0 Å². The van der Waals surface area contributed by atoms with Gasteiger partial charge < -0.3 is 5.73 Å². The Hall–Kier alpha value is -1.57. The highest BCUT2D eigenvalue weighted by molar-refractivity contribution is 5.90. The summed E-state index contributed by atoms with van der Waals surface area (Å²) in [6.07, 6.45) is 3.06. The van der Waals surface area contributed by atoms with E-state index in [9.17, 15) is 4.79 Å². The molecule has 0 atom stereocenters. The fourth-order valence-electron chi connectivity index (χ4n) is 0.952. The van der Waals surface area contributed by atoms with Crippen LogP contribution in [-0.2, 0) is 4.79 Å². The molecule has 2 N–H and O–H groups in total. The van der Waals surface area contributed by atoms with Crippen LogP contribution < -0.4 is 5.73 Å². The maximum absolute atomic E-state index is 10.4. The van der Waals surface area contributed by atoms with E-state index in [1.807, 2.05) is 31.2 Å². The zero-order valence-electron chi connectivity index (χ0n) is 6.95. The van der Waals surface area contributed by atoms with Crippen LogP contribution in [0.4, 0.5) is 0 Å². The average Bonchev–Trinajstić information content (AvgIpc) is 2.01. The third-order valence-corrected chi connectivity index (χ3v) is 1.48. The van der Waals surface area contributed by atoms with E-state index < -0.39 is 5.91 Å². The zero-order chi connectivity index (χ0) is 8.97. The maximum atomic E-state index is 10.4. The Morgan fingerprint density at radius 1 is 1.50 bits per heavy atom. The molecule has 0 aromatic heterocycles. The zero-order valence-corrected chi connectivity index (χ0v) is 6.95.